The van der Waals surface area contributed by atoms with Crippen LogP contribution < -0.4 is 5.73 Å². The summed E-state index contributed by atoms with van der Waals surface area (Å²) >= 11 is 0. The third kappa shape index (κ3) is 1.84. The van der Waals surface area contributed by atoms with Gasteiger partial charge in [-0.05, 0) is 24.6 Å². The van der Waals surface area contributed by atoms with Crippen molar-refractivity contribution in [3.63, 3.8) is 0 Å². The molecule has 0 aromatic heterocycles. The van der Waals surface area contributed by atoms with E-state index in [4.69, 9.17) is 5.73 Å². The standard InChI is InChI=1S/C10H10FN/c1-2-3-9-6-8(7-12)4-5-10(9)11/h4-6H,7,12H2,1H3. The minimum atomic E-state index is -0.290. The highest BCUT2D eigenvalue weighted by molar-refractivity contribution is 5.38. The third-order valence-corrected chi connectivity index (χ3v) is 1.53. The van der Waals surface area contributed by atoms with Crippen LogP contribution in [-0.2, 0) is 6.54 Å². The Morgan fingerprint density at radius 2 is 2.25 bits per heavy atom. The Labute approximate surface area is 71.4 Å². The molecule has 0 saturated heterocycles. The van der Waals surface area contributed by atoms with Gasteiger partial charge in [-0.25, -0.2) is 4.39 Å². The fourth-order valence-corrected chi connectivity index (χ4v) is 0.930. The molecular weight excluding hydrogens is 153 g/mol. The summed E-state index contributed by atoms with van der Waals surface area (Å²) in [6.07, 6.45) is 0. The van der Waals surface area contributed by atoms with E-state index in [1.807, 2.05) is 0 Å². The first-order valence-corrected chi connectivity index (χ1v) is 3.69. The fraction of sp³-hybridized carbons (Fsp3) is 0.200. The highest BCUT2D eigenvalue weighted by atomic mass is 19.1. The van der Waals surface area contributed by atoms with E-state index in [1.165, 1.54) is 6.07 Å². The van der Waals surface area contributed by atoms with E-state index in [-0.39, 0.29) is 5.82 Å². The number of hydrogen-bond acceptors (Lipinski definition) is 1. The fourth-order valence-electron chi connectivity index (χ4n) is 0.930. The minimum Gasteiger partial charge on any atom is -0.326 e. The van der Waals surface area contributed by atoms with Gasteiger partial charge in [-0.15, -0.1) is 5.92 Å². The number of halogens is 1. The lowest BCUT2D eigenvalue weighted by molar-refractivity contribution is 0.623. The summed E-state index contributed by atoms with van der Waals surface area (Å²) in [7, 11) is 0. The smallest absolute Gasteiger partial charge is 0.138 e. The van der Waals surface area contributed by atoms with Gasteiger partial charge in [-0.3, -0.25) is 0 Å². The van der Waals surface area contributed by atoms with Gasteiger partial charge in [0, 0.05) is 6.54 Å². The molecule has 2 heteroatoms. The molecule has 0 spiro atoms. The summed E-state index contributed by atoms with van der Waals surface area (Å²) in [4.78, 5) is 0. The number of rotatable bonds is 1. The third-order valence-electron chi connectivity index (χ3n) is 1.53. The van der Waals surface area contributed by atoms with Crippen LogP contribution in [0.3, 0.4) is 0 Å². The van der Waals surface area contributed by atoms with Crippen LogP contribution in [-0.4, -0.2) is 0 Å². The molecule has 0 heterocycles. The first-order valence-electron chi connectivity index (χ1n) is 3.69. The zero-order valence-electron chi connectivity index (χ0n) is 6.89. The van der Waals surface area contributed by atoms with Crippen molar-refractivity contribution >= 4 is 0 Å². The van der Waals surface area contributed by atoms with Crippen LogP contribution in [0.15, 0.2) is 18.2 Å². The number of benzene rings is 1. The Balaban J connectivity index is 3.14. The number of nitrogens with two attached hydrogens (primary N) is 1. The van der Waals surface area contributed by atoms with Crippen molar-refractivity contribution in [2.24, 2.45) is 5.73 Å². The molecule has 0 aliphatic carbocycles. The second-order valence-corrected chi connectivity index (χ2v) is 2.39. The molecule has 1 nitrogen and oxygen atoms in total. The molecular formula is C10H10FN. The van der Waals surface area contributed by atoms with Gasteiger partial charge in [0.15, 0.2) is 0 Å². The van der Waals surface area contributed by atoms with Crippen LogP contribution in [0.1, 0.15) is 18.1 Å². The Bertz CT molecular complexity index is 333. The predicted molar refractivity (Wildman–Crippen MR) is 46.8 cm³/mol. The zero-order valence-corrected chi connectivity index (χ0v) is 6.89. The summed E-state index contributed by atoms with van der Waals surface area (Å²) in [5.41, 5.74) is 6.71. The first-order chi connectivity index (χ1) is 5.77. The molecule has 0 bridgehead atoms. The van der Waals surface area contributed by atoms with Crippen molar-refractivity contribution in [1.29, 1.82) is 0 Å². The van der Waals surface area contributed by atoms with Crippen molar-refractivity contribution in [1.82, 2.24) is 0 Å². The van der Waals surface area contributed by atoms with Crippen molar-refractivity contribution in [3.05, 3.63) is 35.1 Å². The largest absolute Gasteiger partial charge is 0.326 e. The van der Waals surface area contributed by atoms with Crippen LogP contribution in [0.25, 0.3) is 0 Å². The van der Waals surface area contributed by atoms with Gasteiger partial charge in [0.05, 0.1) is 5.56 Å². The molecule has 1 rings (SSSR count). The highest BCUT2D eigenvalue weighted by Crippen LogP contribution is 2.08. The van der Waals surface area contributed by atoms with Gasteiger partial charge in [-0.1, -0.05) is 12.0 Å². The van der Waals surface area contributed by atoms with Crippen LogP contribution in [0.5, 0.6) is 0 Å². The van der Waals surface area contributed by atoms with Crippen molar-refractivity contribution in [3.8, 4) is 11.8 Å². The average Bonchev–Trinajstić information content (AvgIpc) is 2.09. The van der Waals surface area contributed by atoms with E-state index >= 15 is 0 Å². The van der Waals surface area contributed by atoms with E-state index in [1.54, 1.807) is 19.1 Å². The Morgan fingerprint density at radius 3 is 2.83 bits per heavy atom. The maximum absolute atomic E-state index is 12.9. The van der Waals surface area contributed by atoms with Gasteiger partial charge in [0.2, 0.25) is 0 Å². The van der Waals surface area contributed by atoms with Crippen molar-refractivity contribution in [2.75, 3.05) is 0 Å². The van der Waals surface area contributed by atoms with E-state index in [0.717, 1.165) is 5.56 Å². The molecule has 0 aliphatic rings. The summed E-state index contributed by atoms with van der Waals surface area (Å²) in [6, 6.07) is 4.73. The average molecular weight is 163 g/mol. The van der Waals surface area contributed by atoms with Crippen LogP contribution in [0, 0.1) is 17.7 Å². The Kier molecular flexibility index (Phi) is 2.84. The van der Waals surface area contributed by atoms with E-state index < -0.39 is 0 Å². The quantitative estimate of drug-likeness (QED) is 0.626. The molecule has 0 radical (unpaired) electrons. The lowest BCUT2D eigenvalue weighted by Gasteiger charge is -1.98. The summed E-state index contributed by atoms with van der Waals surface area (Å²) < 4.78 is 12.9. The molecule has 0 aliphatic heterocycles. The Morgan fingerprint density at radius 1 is 1.50 bits per heavy atom. The van der Waals surface area contributed by atoms with Gasteiger partial charge in [0.1, 0.15) is 5.82 Å². The molecule has 1 aromatic rings. The minimum absolute atomic E-state index is 0.290. The van der Waals surface area contributed by atoms with Crippen LogP contribution in [0.2, 0.25) is 0 Å². The maximum Gasteiger partial charge on any atom is 0.138 e. The second-order valence-electron chi connectivity index (χ2n) is 2.39. The second kappa shape index (κ2) is 3.89. The summed E-state index contributed by atoms with van der Waals surface area (Å²) in [5, 5.41) is 0. The van der Waals surface area contributed by atoms with Gasteiger partial charge < -0.3 is 5.73 Å². The summed E-state index contributed by atoms with van der Waals surface area (Å²) in [6.45, 7) is 2.09. The molecule has 12 heavy (non-hydrogen) atoms. The lowest BCUT2D eigenvalue weighted by atomic mass is 10.1. The van der Waals surface area contributed by atoms with Crippen LogP contribution >= 0.6 is 0 Å². The molecule has 2 N–H and O–H groups in total. The van der Waals surface area contributed by atoms with Crippen molar-refractivity contribution < 1.29 is 4.39 Å². The molecule has 0 fully saturated rings. The molecule has 0 unspecified atom stereocenters. The van der Waals surface area contributed by atoms with Gasteiger partial charge >= 0.3 is 0 Å². The Hall–Kier alpha value is -1.33. The zero-order chi connectivity index (χ0) is 8.97. The predicted octanol–water partition coefficient (Wildman–Crippen LogP) is 1.66. The highest BCUT2D eigenvalue weighted by Gasteiger charge is 1.98. The van der Waals surface area contributed by atoms with Crippen molar-refractivity contribution in [2.45, 2.75) is 13.5 Å². The number of hydrogen-bond donors (Lipinski definition) is 1. The molecule has 0 amide bonds. The topological polar surface area (TPSA) is 26.0 Å². The van der Waals surface area contributed by atoms with E-state index in [0.29, 0.717) is 12.1 Å². The van der Waals surface area contributed by atoms with Gasteiger partial charge in [0.25, 0.3) is 0 Å². The molecule has 1 aromatic carbocycles. The maximum atomic E-state index is 12.9. The first kappa shape index (κ1) is 8.76. The molecule has 62 valence electrons. The lowest BCUT2D eigenvalue weighted by Crippen LogP contribution is -1.97. The summed E-state index contributed by atoms with van der Waals surface area (Å²) in [5.74, 6) is 5.03. The van der Waals surface area contributed by atoms with E-state index in [2.05, 4.69) is 11.8 Å². The van der Waals surface area contributed by atoms with Crippen LogP contribution in [0.4, 0.5) is 4.39 Å². The normalized spacial score (nSPS) is 8.92. The van der Waals surface area contributed by atoms with Gasteiger partial charge in [-0.2, -0.15) is 0 Å². The molecule has 0 atom stereocenters. The SMILES string of the molecule is CC#Cc1cc(CN)ccc1F. The van der Waals surface area contributed by atoms with E-state index in [9.17, 15) is 4.39 Å². The monoisotopic (exact) mass is 163 g/mol. The molecule has 0 saturated carbocycles.